The number of nitrogens with zero attached hydrogens (tertiary/aromatic N) is 2. The van der Waals surface area contributed by atoms with Gasteiger partial charge < -0.3 is 14.8 Å². The second kappa shape index (κ2) is 9.06. The van der Waals surface area contributed by atoms with Gasteiger partial charge in [0.15, 0.2) is 0 Å². The molecule has 1 aliphatic heterocycles. The van der Waals surface area contributed by atoms with Crippen LogP contribution >= 0.6 is 11.8 Å². The van der Waals surface area contributed by atoms with Crippen molar-refractivity contribution >= 4 is 29.1 Å². The maximum absolute atomic E-state index is 11.5. The summed E-state index contributed by atoms with van der Waals surface area (Å²) in [5, 5.41) is 13.1. The number of amides is 1. The van der Waals surface area contributed by atoms with E-state index in [2.05, 4.69) is 11.2 Å². The Morgan fingerprint density at radius 3 is 2.48 bits per heavy atom. The molecule has 0 unspecified atom stereocenters. The Bertz CT molecular complexity index is 814. The van der Waals surface area contributed by atoms with Crippen molar-refractivity contribution in [2.24, 2.45) is 11.1 Å². The Balaban J connectivity index is 1.74. The highest BCUT2D eigenvalue weighted by atomic mass is 32.2. The monoisotopic (exact) mass is 384 g/mol. The van der Waals surface area contributed by atoms with E-state index in [1.54, 1.807) is 30.6 Å². The topological polar surface area (TPSA) is 62.1 Å². The lowest BCUT2D eigenvalue weighted by Crippen LogP contribution is -2.24. The highest BCUT2D eigenvalue weighted by Gasteiger charge is 2.22. The minimum Gasteiger partial charge on any atom is -0.411 e. The molecule has 1 heterocycles. The third kappa shape index (κ3) is 4.90. The summed E-state index contributed by atoms with van der Waals surface area (Å²) in [5.74, 6) is 0.234. The Labute approximate surface area is 164 Å². The Kier molecular flexibility index (Phi) is 6.53. The zero-order chi connectivity index (χ0) is 19.2. The standard InChI is InChI=1S/C21H24N2O3S/c1-15(24)23(2)18-6-8-19(9-7-18)27-20-5-3-4-17(14-20)21(22-25)16-10-12-26-13-11-16/h3-9,14,16,25H,10-13H2,1-2H3. The van der Waals surface area contributed by atoms with Crippen molar-refractivity contribution in [1.82, 2.24) is 0 Å². The summed E-state index contributed by atoms with van der Waals surface area (Å²) >= 11 is 1.64. The number of rotatable bonds is 5. The maximum Gasteiger partial charge on any atom is 0.223 e. The molecule has 2 aromatic carbocycles. The molecule has 27 heavy (non-hydrogen) atoms. The van der Waals surface area contributed by atoms with Crippen LogP contribution in [0.1, 0.15) is 25.3 Å². The average molecular weight is 385 g/mol. The summed E-state index contributed by atoms with van der Waals surface area (Å²) < 4.78 is 5.41. The van der Waals surface area contributed by atoms with Crippen molar-refractivity contribution in [3.8, 4) is 0 Å². The molecule has 2 aromatic rings. The molecule has 1 amide bonds. The molecule has 1 saturated heterocycles. The van der Waals surface area contributed by atoms with Gasteiger partial charge in [0, 0.05) is 54.1 Å². The molecule has 0 radical (unpaired) electrons. The Morgan fingerprint density at radius 1 is 1.15 bits per heavy atom. The van der Waals surface area contributed by atoms with Crippen LogP contribution in [0.4, 0.5) is 5.69 Å². The van der Waals surface area contributed by atoms with Crippen molar-refractivity contribution in [2.45, 2.75) is 29.6 Å². The number of carbonyl (C=O) groups is 1. The van der Waals surface area contributed by atoms with Crippen LogP contribution in [0.2, 0.25) is 0 Å². The van der Waals surface area contributed by atoms with Gasteiger partial charge in [-0.2, -0.15) is 0 Å². The van der Waals surface area contributed by atoms with E-state index < -0.39 is 0 Å². The van der Waals surface area contributed by atoms with Crippen molar-refractivity contribution in [1.29, 1.82) is 0 Å². The van der Waals surface area contributed by atoms with Gasteiger partial charge >= 0.3 is 0 Å². The minimum atomic E-state index is 0.00652. The van der Waals surface area contributed by atoms with E-state index in [1.165, 1.54) is 0 Å². The Morgan fingerprint density at radius 2 is 1.85 bits per heavy atom. The summed E-state index contributed by atoms with van der Waals surface area (Å²) in [7, 11) is 1.76. The second-order valence-corrected chi connectivity index (χ2v) is 7.72. The number of hydrogen-bond donors (Lipinski definition) is 1. The van der Waals surface area contributed by atoms with Gasteiger partial charge in [0.1, 0.15) is 0 Å². The molecule has 0 saturated carbocycles. The maximum atomic E-state index is 11.5. The van der Waals surface area contributed by atoms with Crippen molar-refractivity contribution < 1.29 is 14.7 Å². The van der Waals surface area contributed by atoms with Crippen LogP contribution in [-0.2, 0) is 9.53 Å². The molecule has 3 rings (SSSR count). The fourth-order valence-corrected chi connectivity index (χ4v) is 4.00. The highest BCUT2D eigenvalue weighted by molar-refractivity contribution is 7.99. The van der Waals surface area contributed by atoms with E-state index in [9.17, 15) is 10.0 Å². The van der Waals surface area contributed by atoms with Gasteiger partial charge in [-0.25, -0.2) is 0 Å². The highest BCUT2D eigenvalue weighted by Crippen LogP contribution is 2.31. The summed E-state index contributed by atoms with van der Waals surface area (Å²) in [6, 6.07) is 16.0. The van der Waals surface area contributed by atoms with Gasteiger partial charge in [-0.15, -0.1) is 0 Å². The van der Waals surface area contributed by atoms with Gasteiger partial charge in [0.25, 0.3) is 0 Å². The van der Waals surface area contributed by atoms with Crippen LogP contribution in [0.5, 0.6) is 0 Å². The first-order valence-corrected chi connectivity index (χ1v) is 9.82. The summed E-state index contributed by atoms with van der Waals surface area (Å²) in [4.78, 5) is 15.2. The van der Waals surface area contributed by atoms with Crippen LogP contribution in [-0.4, -0.2) is 37.1 Å². The van der Waals surface area contributed by atoms with E-state index >= 15 is 0 Å². The van der Waals surface area contributed by atoms with Crippen LogP contribution in [0.25, 0.3) is 0 Å². The first-order chi connectivity index (χ1) is 13.1. The number of oxime groups is 1. The van der Waals surface area contributed by atoms with Crippen LogP contribution in [0, 0.1) is 5.92 Å². The van der Waals surface area contributed by atoms with E-state index in [4.69, 9.17) is 4.74 Å². The van der Waals surface area contributed by atoms with Gasteiger partial charge in [-0.1, -0.05) is 29.1 Å². The molecule has 0 bridgehead atoms. The first-order valence-electron chi connectivity index (χ1n) is 9.01. The molecule has 0 atom stereocenters. The molecular weight excluding hydrogens is 360 g/mol. The minimum absolute atomic E-state index is 0.00652. The summed E-state index contributed by atoms with van der Waals surface area (Å²) in [6.45, 7) is 2.96. The SMILES string of the molecule is CC(=O)N(C)c1ccc(Sc2cccc(C(=NO)C3CCOCC3)c2)cc1. The summed E-state index contributed by atoms with van der Waals surface area (Å²) in [6.07, 6.45) is 1.75. The van der Waals surface area contributed by atoms with Gasteiger partial charge in [0.2, 0.25) is 5.91 Å². The molecule has 1 fully saturated rings. The predicted molar refractivity (Wildman–Crippen MR) is 108 cm³/mol. The predicted octanol–water partition coefficient (Wildman–Crippen LogP) is 4.43. The lowest BCUT2D eigenvalue weighted by atomic mass is 9.90. The van der Waals surface area contributed by atoms with Crippen molar-refractivity contribution in [3.63, 3.8) is 0 Å². The molecule has 0 aromatic heterocycles. The van der Waals surface area contributed by atoms with E-state index in [0.29, 0.717) is 13.2 Å². The molecule has 1 aliphatic rings. The largest absolute Gasteiger partial charge is 0.411 e. The number of anilines is 1. The molecular formula is C21H24N2O3S. The van der Waals surface area contributed by atoms with Gasteiger partial charge in [-0.3, -0.25) is 4.79 Å². The Hall–Kier alpha value is -2.31. The quantitative estimate of drug-likeness (QED) is 0.471. The number of benzene rings is 2. The third-order valence-corrected chi connectivity index (χ3v) is 5.78. The lowest BCUT2D eigenvalue weighted by molar-refractivity contribution is -0.116. The normalized spacial score (nSPS) is 15.6. The fourth-order valence-electron chi connectivity index (χ4n) is 3.12. The van der Waals surface area contributed by atoms with Crippen molar-refractivity contribution in [3.05, 3.63) is 54.1 Å². The van der Waals surface area contributed by atoms with E-state index in [-0.39, 0.29) is 11.8 Å². The third-order valence-electron chi connectivity index (χ3n) is 4.78. The zero-order valence-corrected chi connectivity index (χ0v) is 16.4. The second-order valence-electron chi connectivity index (χ2n) is 6.57. The number of carbonyl (C=O) groups excluding carboxylic acids is 1. The van der Waals surface area contributed by atoms with Crippen LogP contribution in [0.15, 0.2) is 63.5 Å². The smallest absolute Gasteiger partial charge is 0.223 e. The van der Waals surface area contributed by atoms with E-state index in [1.807, 2.05) is 42.5 Å². The lowest BCUT2D eigenvalue weighted by Gasteiger charge is -2.23. The van der Waals surface area contributed by atoms with Crippen LogP contribution in [0.3, 0.4) is 0 Å². The fraction of sp³-hybridized carbons (Fsp3) is 0.333. The molecule has 0 spiro atoms. The molecule has 142 valence electrons. The molecule has 6 heteroatoms. The summed E-state index contributed by atoms with van der Waals surface area (Å²) in [5.41, 5.74) is 2.55. The van der Waals surface area contributed by atoms with E-state index in [0.717, 1.165) is 39.6 Å². The number of hydrogen-bond acceptors (Lipinski definition) is 5. The first kappa shape index (κ1) is 19.5. The molecule has 5 nitrogen and oxygen atoms in total. The van der Waals surface area contributed by atoms with Crippen LogP contribution < -0.4 is 4.90 Å². The number of ether oxygens (including phenoxy) is 1. The van der Waals surface area contributed by atoms with Gasteiger partial charge in [0.05, 0.1) is 5.71 Å². The average Bonchev–Trinajstić information content (AvgIpc) is 2.70. The zero-order valence-electron chi connectivity index (χ0n) is 15.6. The van der Waals surface area contributed by atoms with Crippen molar-refractivity contribution in [2.75, 3.05) is 25.2 Å². The molecule has 1 N–H and O–H groups in total. The molecule has 0 aliphatic carbocycles. The van der Waals surface area contributed by atoms with Gasteiger partial charge in [-0.05, 0) is 49.2 Å².